The van der Waals surface area contributed by atoms with Crippen LogP contribution in [0.15, 0.2) is 42.7 Å². The minimum Gasteiger partial charge on any atom is -0.466 e. The van der Waals surface area contributed by atoms with Crippen LogP contribution in [-0.4, -0.2) is 45.2 Å². The van der Waals surface area contributed by atoms with Crippen LogP contribution in [0, 0.1) is 11.3 Å². The largest absolute Gasteiger partial charge is 0.466 e. The number of hydrogen-bond acceptors (Lipinski definition) is 6. The molecule has 7 nitrogen and oxygen atoms in total. The number of carbonyl (C=O) groups is 1. The van der Waals surface area contributed by atoms with Crippen LogP contribution in [-0.2, 0) is 9.53 Å². The Morgan fingerprint density at radius 3 is 2.79 bits per heavy atom. The molecule has 1 saturated heterocycles. The van der Waals surface area contributed by atoms with Crippen molar-refractivity contribution >= 4 is 17.6 Å². The van der Waals surface area contributed by atoms with Crippen LogP contribution in [0.1, 0.15) is 27.2 Å². The van der Waals surface area contributed by atoms with Crippen LogP contribution in [0.5, 0.6) is 0 Å². The van der Waals surface area contributed by atoms with E-state index in [1.807, 2.05) is 43.3 Å². The van der Waals surface area contributed by atoms with E-state index in [0.717, 1.165) is 30.0 Å². The maximum absolute atomic E-state index is 12.8. The van der Waals surface area contributed by atoms with Gasteiger partial charge in [0.1, 0.15) is 12.1 Å². The molecule has 0 N–H and O–H groups in total. The number of ether oxygens (including phenoxy) is 1. The molecule has 146 valence electrons. The normalized spacial score (nSPS) is 19.5. The van der Waals surface area contributed by atoms with E-state index >= 15 is 0 Å². The summed E-state index contributed by atoms with van der Waals surface area (Å²) in [5.74, 6) is 1.51. The molecule has 0 saturated carbocycles. The zero-order valence-electron chi connectivity index (χ0n) is 16.5. The molecule has 1 aliphatic heterocycles. The molecule has 0 spiro atoms. The van der Waals surface area contributed by atoms with E-state index < -0.39 is 5.41 Å². The number of carbonyl (C=O) groups excluding carboxylic acids is 1. The van der Waals surface area contributed by atoms with Gasteiger partial charge in [0, 0.05) is 24.7 Å². The third-order valence-electron chi connectivity index (χ3n) is 5.71. The number of esters is 1. The summed E-state index contributed by atoms with van der Waals surface area (Å²) in [7, 11) is 0. The Hall–Kier alpha value is -2.96. The highest BCUT2D eigenvalue weighted by atomic mass is 16.5. The fourth-order valence-corrected chi connectivity index (χ4v) is 3.96. The second-order valence-corrected chi connectivity index (χ2v) is 7.54. The summed E-state index contributed by atoms with van der Waals surface area (Å²) in [6.07, 6.45) is 2.26. The van der Waals surface area contributed by atoms with Crippen LogP contribution in [0.3, 0.4) is 0 Å². The van der Waals surface area contributed by atoms with Gasteiger partial charge in [0.2, 0.25) is 0 Å². The minimum absolute atomic E-state index is 0.111. The molecular formula is C21H25N5O2. The van der Waals surface area contributed by atoms with E-state index in [2.05, 4.69) is 33.8 Å². The summed E-state index contributed by atoms with van der Waals surface area (Å²) in [6.45, 7) is 7.78. The van der Waals surface area contributed by atoms with Gasteiger partial charge in [0.25, 0.3) is 5.78 Å². The Morgan fingerprint density at radius 1 is 1.29 bits per heavy atom. The Kier molecular flexibility index (Phi) is 4.75. The number of rotatable bonds is 5. The number of hydrogen-bond donors (Lipinski definition) is 0. The average molecular weight is 379 g/mol. The van der Waals surface area contributed by atoms with Gasteiger partial charge in [0.05, 0.1) is 17.7 Å². The molecule has 1 fully saturated rings. The summed E-state index contributed by atoms with van der Waals surface area (Å²) in [4.78, 5) is 23.9. The molecule has 2 aromatic heterocycles. The maximum atomic E-state index is 12.8. The van der Waals surface area contributed by atoms with Gasteiger partial charge in [-0.2, -0.15) is 14.6 Å². The van der Waals surface area contributed by atoms with Gasteiger partial charge in [0.15, 0.2) is 0 Å². The van der Waals surface area contributed by atoms with Gasteiger partial charge < -0.3 is 9.64 Å². The average Bonchev–Trinajstić information content (AvgIpc) is 3.36. The van der Waals surface area contributed by atoms with E-state index in [-0.39, 0.29) is 11.9 Å². The summed E-state index contributed by atoms with van der Waals surface area (Å²) in [5, 5.41) is 4.36. The van der Waals surface area contributed by atoms with E-state index in [0.29, 0.717) is 18.9 Å². The number of nitrogens with zero attached hydrogens (tertiary/aromatic N) is 5. The highest BCUT2D eigenvalue weighted by Gasteiger charge is 2.48. The molecule has 7 heteroatoms. The number of benzene rings is 1. The van der Waals surface area contributed by atoms with Crippen molar-refractivity contribution in [3.05, 3.63) is 42.7 Å². The van der Waals surface area contributed by atoms with Gasteiger partial charge >= 0.3 is 5.97 Å². The third-order valence-corrected chi connectivity index (χ3v) is 5.71. The Morgan fingerprint density at radius 2 is 2.07 bits per heavy atom. The van der Waals surface area contributed by atoms with Gasteiger partial charge in [-0.05, 0) is 19.3 Å². The maximum Gasteiger partial charge on any atom is 0.314 e. The zero-order valence-corrected chi connectivity index (χ0v) is 16.5. The molecule has 1 aliphatic rings. The highest BCUT2D eigenvalue weighted by Crippen LogP contribution is 2.41. The predicted octanol–water partition coefficient (Wildman–Crippen LogP) is 3.21. The lowest BCUT2D eigenvalue weighted by atomic mass is 9.76. The number of anilines is 1. The summed E-state index contributed by atoms with van der Waals surface area (Å²) in [5.41, 5.74) is 1.35. The topological polar surface area (TPSA) is 72.6 Å². The zero-order chi connectivity index (χ0) is 19.7. The molecule has 0 bridgehead atoms. The summed E-state index contributed by atoms with van der Waals surface area (Å²) in [6, 6.07) is 12.0. The monoisotopic (exact) mass is 379 g/mol. The van der Waals surface area contributed by atoms with Gasteiger partial charge in [-0.3, -0.25) is 4.79 Å². The van der Waals surface area contributed by atoms with Gasteiger partial charge in [-0.15, -0.1) is 0 Å². The summed E-state index contributed by atoms with van der Waals surface area (Å²) >= 11 is 0. The predicted molar refractivity (Wildman–Crippen MR) is 107 cm³/mol. The van der Waals surface area contributed by atoms with Crippen LogP contribution in [0.4, 0.5) is 5.82 Å². The lowest BCUT2D eigenvalue weighted by Crippen LogP contribution is -2.41. The van der Waals surface area contributed by atoms with E-state index in [9.17, 15) is 4.79 Å². The quantitative estimate of drug-likeness (QED) is 0.634. The second-order valence-electron chi connectivity index (χ2n) is 7.54. The summed E-state index contributed by atoms with van der Waals surface area (Å²) < 4.78 is 7.17. The van der Waals surface area contributed by atoms with Gasteiger partial charge in [-0.25, -0.2) is 4.98 Å². The third kappa shape index (κ3) is 3.00. The second kappa shape index (κ2) is 7.22. The minimum atomic E-state index is -0.515. The van der Waals surface area contributed by atoms with Crippen molar-refractivity contribution < 1.29 is 9.53 Å². The van der Waals surface area contributed by atoms with Crippen molar-refractivity contribution in [2.24, 2.45) is 11.3 Å². The first-order valence-corrected chi connectivity index (χ1v) is 9.73. The van der Waals surface area contributed by atoms with E-state index in [1.165, 1.54) is 6.33 Å². The molecule has 0 amide bonds. The fourth-order valence-electron chi connectivity index (χ4n) is 3.96. The van der Waals surface area contributed by atoms with E-state index in [1.54, 1.807) is 4.52 Å². The van der Waals surface area contributed by atoms with Crippen molar-refractivity contribution in [3.8, 4) is 11.3 Å². The first-order valence-electron chi connectivity index (χ1n) is 9.73. The Bertz CT molecular complexity index is 985. The molecule has 0 aliphatic carbocycles. The first-order chi connectivity index (χ1) is 13.5. The molecule has 28 heavy (non-hydrogen) atoms. The fraction of sp³-hybridized carbons (Fsp3) is 0.429. The Labute approximate surface area is 164 Å². The number of fused-ring (bicyclic) bond motifs is 1. The number of aromatic nitrogens is 4. The smallest absolute Gasteiger partial charge is 0.314 e. The van der Waals surface area contributed by atoms with Crippen LogP contribution >= 0.6 is 0 Å². The van der Waals surface area contributed by atoms with E-state index in [4.69, 9.17) is 4.74 Å². The molecule has 3 heterocycles. The van der Waals surface area contributed by atoms with Crippen LogP contribution < -0.4 is 4.90 Å². The van der Waals surface area contributed by atoms with Crippen LogP contribution in [0.25, 0.3) is 17.0 Å². The van der Waals surface area contributed by atoms with Crippen molar-refractivity contribution in [1.82, 2.24) is 19.6 Å². The van der Waals surface area contributed by atoms with Crippen LogP contribution in [0.2, 0.25) is 0 Å². The molecular weight excluding hydrogens is 354 g/mol. The molecule has 4 rings (SSSR count). The standard InChI is InChI=1S/C21H25N5O2/c1-4-28-19(27)21(15(2)3)10-11-25(13-21)18-12-17(16-8-6-5-7-9-16)24-20-22-14-23-26(18)20/h5-9,12,14-15H,4,10-11,13H2,1-3H3. The van der Waals surface area contributed by atoms with Gasteiger partial charge in [-0.1, -0.05) is 44.2 Å². The lowest BCUT2D eigenvalue weighted by molar-refractivity contribution is -0.156. The van der Waals surface area contributed by atoms with Crippen molar-refractivity contribution in [1.29, 1.82) is 0 Å². The molecule has 0 radical (unpaired) electrons. The molecule has 1 aromatic carbocycles. The van der Waals surface area contributed by atoms with Crippen molar-refractivity contribution in [2.45, 2.75) is 27.2 Å². The first kappa shape index (κ1) is 18.4. The molecule has 1 unspecified atom stereocenters. The molecule has 1 atom stereocenters. The van der Waals surface area contributed by atoms with Crippen molar-refractivity contribution in [3.63, 3.8) is 0 Å². The lowest BCUT2D eigenvalue weighted by Gasteiger charge is -2.31. The Balaban J connectivity index is 1.75. The molecule has 3 aromatic rings. The SMILES string of the molecule is CCOC(=O)C1(C(C)C)CCN(c2cc(-c3ccccc3)nc3ncnn23)C1. The van der Waals surface area contributed by atoms with Crippen molar-refractivity contribution in [2.75, 3.05) is 24.6 Å². The highest BCUT2D eigenvalue weighted by molar-refractivity contribution is 5.79.